The van der Waals surface area contributed by atoms with Crippen molar-refractivity contribution in [3.63, 3.8) is 0 Å². The summed E-state index contributed by atoms with van der Waals surface area (Å²) in [5.74, 6) is 0.507. The second kappa shape index (κ2) is 7.01. The van der Waals surface area contributed by atoms with E-state index in [-0.39, 0.29) is 11.9 Å². The van der Waals surface area contributed by atoms with Crippen molar-refractivity contribution in [2.24, 2.45) is 5.92 Å². The van der Waals surface area contributed by atoms with Crippen LogP contribution >= 0.6 is 0 Å². The van der Waals surface area contributed by atoms with E-state index in [1.54, 1.807) is 12.1 Å². The monoisotopic (exact) mass is 265 g/mol. The fraction of sp³-hybridized carbons (Fsp3) is 0.625. The number of nitrogens with one attached hydrogen (secondary N) is 1. The van der Waals surface area contributed by atoms with Gasteiger partial charge < -0.3 is 10.1 Å². The zero-order valence-corrected chi connectivity index (χ0v) is 11.9. The second-order valence-corrected chi connectivity index (χ2v) is 5.42. The Hall–Kier alpha value is -0.930. The third-order valence-corrected chi connectivity index (χ3v) is 4.10. The molecule has 1 saturated heterocycles. The smallest absolute Gasteiger partial charge is 0.123 e. The van der Waals surface area contributed by atoms with Crippen molar-refractivity contribution >= 4 is 0 Å². The average molecular weight is 265 g/mol. The van der Waals surface area contributed by atoms with Crippen LogP contribution in [-0.4, -0.2) is 19.3 Å². The standard InChI is InChI=1S/C16H24FNO/c1-3-16(14-5-4-6-15(17)11-14)18-12(2)13-7-9-19-10-8-13/h4-6,11-13,16,18H,3,7-10H2,1-2H3. The Morgan fingerprint density at radius 2 is 2.11 bits per heavy atom. The minimum atomic E-state index is -0.156. The van der Waals surface area contributed by atoms with Crippen LogP contribution in [0.25, 0.3) is 0 Å². The van der Waals surface area contributed by atoms with Crippen LogP contribution in [0.15, 0.2) is 24.3 Å². The molecule has 0 aromatic heterocycles. The van der Waals surface area contributed by atoms with Crippen LogP contribution in [0.1, 0.15) is 44.7 Å². The van der Waals surface area contributed by atoms with Gasteiger partial charge in [-0.3, -0.25) is 0 Å². The second-order valence-electron chi connectivity index (χ2n) is 5.42. The van der Waals surface area contributed by atoms with E-state index in [0.29, 0.717) is 12.0 Å². The molecule has 1 N–H and O–H groups in total. The molecule has 1 heterocycles. The van der Waals surface area contributed by atoms with Crippen LogP contribution in [0.4, 0.5) is 4.39 Å². The number of benzene rings is 1. The average Bonchev–Trinajstić information content (AvgIpc) is 2.45. The maximum atomic E-state index is 13.3. The SMILES string of the molecule is CCC(NC(C)C1CCOCC1)c1cccc(F)c1. The van der Waals surface area contributed by atoms with E-state index in [4.69, 9.17) is 4.74 Å². The van der Waals surface area contributed by atoms with Crippen molar-refractivity contribution in [1.29, 1.82) is 0 Å². The highest BCUT2D eigenvalue weighted by Gasteiger charge is 2.22. The van der Waals surface area contributed by atoms with Gasteiger partial charge in [-0.05, 0) is 49.8 Å². The molecule has 2 unspecified atom stereocenters. The Bertz CT molecular complexity index is 390. The van der Waals surface area contributed by atoms with E-state index < -0.39 is 0 Å². The number of hydrogen-bond acceptors (Lipinski definition) is 2. The third-order valence-electron chi connectivity index (χ3n) is 4.10. The van der Waals surface area contributed by atoms with E-state index in [0.717, 1.165) is 38.0 Å². The van der Waals surface area contributed by atoms with Crippen LogP contribution in [0, 0.1) is 11.7 Å². The Morgan fingerprint density at radius 1 is 1.37 bits per heavy atom. The molecule has 1 aliphatic heterocycles. The van der Waals surface area contributed by atoms with E-state index in [2.05, 4.69) is 19.2 Å². The van der Waals surface area contributed by atoms with Gasteiger partial charge >= 0.3 is 0 Å². The molecule has 3 heteroatoms. The number of halogens is 1. The van der Waals surface area contributed by atoms with Crippen LogP contribution in [0.5, 0.6) is 0 Å². The molecule has 2 atom stereocenters. The largest absolute Gasteiger partial charge is 0.381 e. The molecule has 2 rings (SSSR count). The first-order chi connectivity index (χ1) is 9.20. The molecule has 0 aliphatic carbocycles. The van der Waals surface area contributed by atoms with E-state index >= 15 is 0 Å². The topological polar surface area (TPSA) is 21.3 Å². The molecule has 0 saturated carbocycles. The summed E-state index contributed by atoms with van der Waals surface area (Å²) in [5.41, 5.74) is 1.04. The lowest BCUT2D eigenvalue weighted by molar-refractivity contribution is 0.0543. The number of ether oxygens (including phenoxy) is 1. The van der Waals surface area contributed by atoms with Gasteiger partial charge in [0.15, 0.2) is 0 Å². The van der Waals surface area contributed by atoms with Crippen LogP contribution < -0.4 is 5.32 Å². The van der Waals surface area contributed by atoms with Gasteiger partial charge in [0.2, 0.25) is 0 Å². The van der Waals surface area contributed by atoms with Crippen LogP contribution in [0.3, 0.4) is 0 Å². The molecular weight excluding hydrogens is 241 g/mol. The third kappa shape index (κ3) is 4.02. The molecule has 1 aliphatic rings. The van der Waals surface area contributed by atoms with Crippen LogP contribution in [-0.2, 0) is 4.74 Å². The maximum absolute atomic E-state index is 13.3. The summed E-state index contributed by atoms with van der Waals surface area (Å²) in [7, 11) is 0. The molecule has 0 amide bonds. The maximum Gasteiger partial charge on any atom is 0.123 e. The van der Waals surface area contributed by atoms with Crippen molar-refractivity contribution in [3.05, 3.63) is 35.6 Å². The van der Waals surface area contributed by atoms with Gasteiger partial charge in [0.1, 0.15) is 5.82 Å². The molecule has 0 radical (unpaired) electrons. The lowest BCUT2D eigenvalue weighted by atomic mass is 9.91. The highest BCUT2D eigenvalue weighted by atomic mass is 19.1. The lowest BCUT2D eigenvalue weighted by Gasteiger charge is -2.31. The molecule has 106 valence electrons. The Balaban J connectivity index is 1.98. The van der Waals surface area contributed by atoms with Crippen molar-refractivity contribution in [3.8, 4) is 0 Å². The Morgan fingerprint density at radius 3 is 2.74 bits per heavy atom. The summed E-state index contributed by atoms with van der Waals surface area (Å²) in [6.45, 7) is 6.11. The minimum Gasteiger partial charge on any atom is -0.381 e. The predicted molar refractivity (Wildman–Crippen MR) is 75.6 cm³/mol. The van der Waals surface area contributed by atoms with Gasteiger partial charge in [0.05, 0.1) is 0 Å². The van der Waals surface area contributed by atoms with Crippen molar-refractivity contribution < 1.29 is 9.13 Å². The van der Waals surface area contributed by atoms with Gasteiger partial charge in [-0.15, -0.1) is 0 Å². The molecule has 1 fully saturated rings. The molecule has 2 nitrogen and oxygen atoms in total. The lowest BCUT2D eigenvalue weighted by Crippen LogP contribution is -2.38. The zero-order chi connectivity index (χ0) is 13.7. The predicted octanol–water partition coefficient (Wildman–Crippen LogP) is 3.68. The summed E-state index contributed by atoms with van der Waals surface area (Å²) in [6.07, 6.45) is 3.21. The molecule has 0 spiro atoms. The number of rotatable bonds is 5. The fourth-order valence-corrected chi connectivity index (χ4v) is 2.84. The highest BCUT2D eigenvalue weighted by molar-refractivity contribution is 5.20. The van der Waals surface area contributed by atoms with Gasteiger partial charge in [-0.25, -0.2) is 4.39 Å². The first-order valence-electron chi connectivity index (χ1n) is 7.30. The first kappa shape index (κ1) is 14.5. The Kier molecular flexibility index (Phi) is 5.34. The summed E-state index contributed by atoms with van der Waals surface area (Å²) in [6, 6.07) is 7.59. The molecule has 19 heavy (non-hydrogen) atoms. The molecule has 0 bridgehead atoms. The summed E-state index contributed by atoms with van der Waals surface area (Å²) < 4.78 is 18.7. The highest BCUT2D eigenvalue weighted by Crippen LogP contribution is 2.23. The molecule has 1 aromatic carbocycles. The first-order valence-corrected chi connectivity index (χ1v) is 7.30. The Labute approximate surface area is 115 Å². The quantitative estimate of drug-likeness (QED) is 0.877. The summed E-state index contributed by atoms with van der Waals surface area (Å²) in [5, 5.41) is 3.66. The molecular formula is C16H24FNO. The van der Waals surface area contributed by atoms with Crippen molar-refractivity contribution in [2.75, 3.05) is 13.2 Å². The van der Waals surface area contributed by atoms with Crippen LogP contribution in [0.2, 0.25) is 0 Å². The van der Waals surface area contributed by atoms with E-state index in [1.165, 1.54) is 6.07 Å². The van der Waals surface area contributed by atoms with Gasteiger partial charge in [0.25, 0.3) is 0 Å². The van der Waals surface area contributed by atoms with E-state index in [9.17, 15) is 4.39 Å². The van der Waals surface area contributed by atoms with Gasteiger partial charge in [0, 0.05) is 25.3 Å². The molecule has 1 aromatic rings. The van der Waals surface area contributed by atoms with Gasteiger partial charge in [-0.1, -0.05) is 19.1 Å². The zero-order valence-electron chi connectivity index (χ0n) is 11.9. The fourth-order valence-electron chi connectivity index (χ4n) is 2.84. The summed E-state index contributed by atoms with van der Waals surface area (Å²) >= 11 is 0. The van der Waals surface area contributed by atoms with Crippen molar-refractivity contribution in [2.45, 2.75) is 45.2 Å². The minimum absolute atomic E-state index is 0.156. The summed E-state index contributed by atoms with van der Waals surface area (Å²) in [4.78, 5) is 0. The van der Waals surface area contributed by atoms with Gasteiger partial charge in [-0.2, -0.15) is 0 Å². The number of hydrogen-bond donors (Lipinski definition) is 1. The normalized spacial score (nSPS) is 20.2. The van der Waals surface area contributed by atoms with E-state index in [1.807, 2.05) is 6.07 Å². The van der Waals surface area contributed by atoms with Crippen molar-refractivity contribution in [1.82, 2.24) is 5.32 Å².